The topological polar surface area (TPSA) is 167 Å². The SMILES string of the molecule is CCCC[C@H](NC(=O)O[C@@H]1CN(C(=O)c2ccc(N)c(N=N)c2)CC1(C)C)C(=O)C(=O)N[C@H](C)c1ccccc1. The van der Waals surface area contributed by atoms with E-state index in [0.717, 1.165) is 12.0 Å². The van der Waals surface area contributed by atoms with E-state index in [2.05, 4.69) is 15.7 Å². The molecule has 1 heterocycles. The first-order chi connectivity index (χ1) is 19.0. The van der Waals surface area contributed by atoms with E-state index in [4.69, 9.17) is 16.0 Å². The average molecular weight is 551 g/mol. The van der Waals surface area contributed by atoms with Crippen LogP contribution >= 0.6 is 0 Å². The molecule has 214 valence electrons. The lowest BCUT2D eigenvalue weighted by molar-refractivity contribution is -0.139. The zero-order chi connectivity index (χ0) is 29.4. The molecule has 1 aliphatic heterocycles. The highest BCUT2D eigenvalue weighted by atomic mass is 16.6. The number of nitrogen functional groups attached to an aromatic ring is 1. The zero-order valence-corrected chi connectivity index (χ0v) is 23.4. The zero-order valence-electron chi connectivity index (χ0n) is 23.4. The van der Waals surface area contributed by atoms with Crippen molar-refractivity contribution in [3.8, 4) is 0 Å². The van der Waals surface area contributed by atoms with Crippen LogP contribution in [-0.2, 0) is 14.3 Å². The van der Waals surface area contributed by atoms with E-state index in [1.165, 1.54) is 12.1 Å². The van der Waals surface area contributed by atoms with Gasteiger partial charge in [0.2, 0.25) is 5.78 Å². The van der Waals surface area contributed by atoms with Crippen molar-refractivity contribution in [2.45, 2.75) is 65.1 Å². The smallest absolute Gasteiger partial charge is 0.408 e. The second-order valence-electron chi connectivity index (χ2n) is 10.8. The molecule has 1 fully saturated rings. The van der Waals surface area contributed by atoms with Crippen LogP contribution in [0.3, 0.4) is 0 Å². The summed E-state index contributed by atoms with van der Waals surface area (Å²) in [5.74, 6) is -1.82. The van der Waals surface area contributed by atoms with Crippen molar-refractivity contribution in [1.82, 2.24) is 15.5 Å². The van der Waals surface area contributed by atoms with Gasteiger partial charge >= 0.3 is 6.09 Å². The largest absolute Gasteiger partial charge is 0.444 e. The summed E-state index contributed by atoms with van der Waals surface area (Å²) in [6, 6.07) is 12.4. The number of carbonyl (C=O) groups is 4. The van der Waals surface area contributed by atoms with Crippen molar-refractivity contribution in [3.05, 3.63) is 59.7 Å². The number of ketones is 1. The third-order valence-electron chi connectivity index (χ3n) is 7.12. The van der Waals surface area contributed by atoms with Gasteiger partial charge < -0.3 is 26.0 Å². The van der Waals surface area contributed by atoms with Gasteiger partial charge in [0, 0.05) is 17.5 Å². The molecule has 2 aromatic carbocycles. The summed E-state index contributed by atoms with van der Waals surface area (Å²) in [6.45, 7) is 7.95. The molecule has 0 bridgehead atoms. The van der Waals surface area contributed by atoms with Crippen molar-refractivity contribution in [2.24, 2.45) is 10.5 Å². The molecule has 0 aliphatic carbocycles. The Morgan fingerprint density at radius 2 is 1.85 bits per heavy atom. The number of hydrogen-bond acceptors (Lipinski definition) is 8. The maximum absolute atomic E-state index is 13.1. The molecule has 3 atom stereocenters. The lowest BCUT2D eigenvalue weighted by atomic mass is 9.90. The Bertz CT molecular complexity index is 1250. The summed E-state index contributed by atoms with van der Waals surface area (Å²) >= 11 is 0. The van der Waals surface area contributed by atoms with Gasteiger partial charge in [-0.05, 0) is 37.1 Å². The van der Waals surface area contributed by atoms with Gasteiger partial charge in [-0.1, -0.05) is 63.9 Å². The number of nitrogens with two attached hydrogens (primary N) is 1. The molecule has 0 saturated carbocycles. The van der Waals surface area contributed by atoms with Crippen LogP contribution in [0.4, 0.5) is 16.2 Å². The second-order valence-corrected chi connectivity index (χ2v) is 10.8. The third kappa shape index (κ3) is 7.43. The Kier molecular flexibility index (Phi) is 9.98. The van der Waals surface area contributed by atoms with E-state index in [0.29, 0.717) is 24.2 Å². The van der Waals surface area contributed by atoms with E-state index in [-0.39, 0.29) is 30.6 Å². The highest BCUT2D eigenvalue weighted by Crippen LogP contribution is 2.34. The van der Waals surface area contributed by atoms with Gasteiger partial charge in [0.1, 0.15) is 17.8 Å². The summed E-state index contributed by atoms with van der Waals surface area (Å²) < 4.78 is 5.70. The van der Waals surface area contributed by atoms with E-state index < -0.39 is 35.3 Å². The molecular weight excluding hydrogens is 512 g/mol. The second kappa shape index (κ2) is 13.2. The highest BCUT2D eigenvalue weighted by Gasteiger charge is 2.44. The number of likely N-dealkylation sites (tertiary alicyclic amines) is 1. The standard InChI is InChI=1S/C29H38N6O5/c1-5-6-12-22(25(36)26(37)32-18(2)19-10-8-7-9-11-19)33-28(39)40-24-16-35(17-29(24,3)4)27(38)20-13-14-21(30)23(15-20)34-31/h7-11,13-15,18,22,24,31H,5-6,12,16-17,30H2,1-4H3,(H,32,37)(H,33,39)/t18-,22+,24-/m1/s1. The fraction of sp³-hybridized carbons (Fsp3) is 0.448. The first-order valence-corrected chi connectivity index (χ1v) is 13.4. The minimum atomic E-state index is -1.04. The van der Waals surface area contributed by atoms with E-state index in [9.17, 15) is 19.2 Å². The minimum Gasteiger partial charge on any atom is -0.444 e. The van der Waals surface area contributed by atoms with Crippen molar-refractivity contribution in [2.75, 3.05) is 18.8 Å². The number of nitrogens with zero attached hydrogens (tertiary/aromatic N) is 2. The van der Waals surface area contributed by atoms with Crippen LogP contribution in [0, 0.1) is 10.9 Å². The van der Waals surface area contributed by atoms with Crippen molar-refractivity contribution >= 4 is 35.1 Å². The number of unbranched alkanes of at least 4 members (excludes halogenated alkanes) is 1. The Balaban J connectivity index is 1.64. The normalized spacial score (nSPS) is 17.4. The summed E-state index contributed by atoms with van der Waals surface area (Å²) in [7, 11) is 0. The van der Waals surface area contributed by atoms with Gasteiger partial charge in [-0.2, -0.15) is 5.11 Å². The highest BCUT2D eigenvalue weighted by molar-refractivity contribution is 6.38. The third-order valence-corrected chi connectivity index (χ3v) is 7.12. The minimum absolute atomic E-state index is 0.139. The Hall–Kier alpha value is -4.28. The first-order valence-electron chi connectivity index (χ1n) is 13.4. The molecule has 0 spiro atoms. The molecule has 2 aromatic rings. The average Bonchev–Trinajstić information content (AvgIpc) is 3.24. The van der Waals surface area contributed by atoms with Gasteiger partial charge in [-0.25, -0.2) is 10.3 Å². The van der Waals surface area contributed by atoms with Crippen LogP contribution in [0.15, 0.2) is 53.6 Å². The monoisotopic (exact) mass is 550 g/mol. The van der Waals surface area contributed by atoms with Gasteiger partial charge in [0.25, 0.3) is 11.8 Å². The number of hydrogen-bond donors (Lipinski definition) is 4. The number of amides is 3. The number of ether oxygens (including phenoxy) is 1. The molecule has 40 heavy (non-hydrogen) atoms. The van der Waals surface area contributed by atoms with Gasteiger partial charge in [0.15, 0.2) is 0 Å². The summed E-state index contributed by atoms with van der Waals surface area (Å²) in [6.07, 6.45) is 0.212. The van der Waals surface area contributed by atoms with Crippen LogP contribution < -0.4 is 16.4 Å². The summed E-state index contributed by atoms with van der Waals surface area (Å²) in [5.41, 5.74) is 14.1. The fourth-order valence-electron chi connectivity index (χ4n) is 4.65. The molecule has 11 nitrogen and oxygen atoms in total. The molecule has 1 saturated heterocycles. The summed E-state index contributed by atoms with van der Waals surface area (Å²) in [5, 5.41) is 8.64. The van der Waals surface area contributed by atoms with Crippen LogP contribution in [0.1, 0.15) is 68.9 Å². The first kappa shape index (κ1) is 30.3. The Morgan fingerprint density at radius 1 is 1.15 bits per heavy atom. The lowest BCUT2D eigenvalue weighted by Crippen LogP contribution is -2.49. The van der Waals surface area contributed by atoms with E-state index in [1.54, 1.807) is 17.9 Å². The van der Waals surface area contributed by atoms with Crippen LogP contribution in [-0.4, -0.2) is 53.8 Å². The van der Waals surface area contributed by atoms with Crippen LogP contribution in [0.2, 0.25) is 0 Å². The Morgan fingerprint density at radius 3 is 2.50 bits per heavy atom. The predicted octanol–water partition coefficient (Wildman–Crippen LogP) is 4.51. The molecule has 3 amide bonds. The number of rotatable bonds is 11. The molecule has 1 aliphatic rings. The molecule has 0 aromatic heterocycles. The van der Waals surface area contributed by atoms with Crippen molar-refractivity contribution in [3.63, 3.8) is 0 Å². The molecule has 0 radical (unpaired) electrons. The number of Topliss-reactive ketones (excluding diaryl/α,β-unsaturated/α-hetero) is 1. The molecule has 0 unspecified atom stereocenters. The fourth-order valence-corrected chi connectivity index (χ4v) is 4.65. The number of benzene rings is 2. The van der Waals surface area contributed by atoms with E-state index >= 15 is 0 Å². The Labute approximate surface area is 234 Å². The molecule has 5 N–H and O–H groups in total. The van der Waals surface area contributed by atoms with E-state index in [1.807, 2.05) is 51.1 Å². The molecule has 11 heteroatoms. The number of anilines is 1. The molecule has 3 rings (SSSR count). The van der Waals surface area contributed by atoms with Crippen molar-refractivity contribution < 1.29 is 23.9 Å². The van der Waals surface area contributed by atoms with Gasteiger partial charge in [-0.15, -0.1) is 0 Å². The predicted molar refractivity (Wildman–Crippen MR) is 150 cm³/mol. The maximum atomic E-state index is 13.1. The quantitative estimate of drug-likeness (QED) is 0.182. The maximum Gasteiger partial charge on any atom is 0.408 e. The van der Waals surface area contributed by atoms with Crippen LogP contribution in [0.25, 0.3) is 0 Å². The number of alkyl carbamates (subject to hydrolysis) is 1. The van der Waals surface area contributed by atoms with Crippen molar-refractivity contribution in [1.29, 1.82) is 5.53 Å². The molecular formula is C29H38N6O5. The number of carbonyl (C=O) groups excluding carboxylic acids is 4. The van der Waals surface area contributed by atoms with Crippen LogP contribution in [0.5, 0.6) is 0 Å². The van der Waals surface area contributed by atoms with Gasteiger partial charge in [0.05, 0.1) is 18.3 Å². The summed E-state index contributed by atoms with van der Waals surface area (Å²) in [4.78, 5) is 53.4. The van der Waals surface area contributed by atoms with Gasteiger partial charge in [-0.3, -0.25) is 14.4 Å². The number of nitrogens with one attached hydrogen (secondary N) is 3. The lowest BCUT2D eigenvalue weighted by Gasteiger charge is -2.26.